The molecular formula is C16H27ClN2O2. The largest absolute Gasteiger partial charge is 0.491 e. The van der Waals surface area contributed by atoms with E-state index in [2.05, 4.69) is 18.7 Å². The number of hydrogen-bond acceptors (Lipinski definition) is 3. The quantitative estimate of drug-likeness (QED) is 0.739. The summed E-state index contributed by atoms with van der Waals surface area (Å²) in [5.74, 6) is 0.974. The smallest absolute Gasteiger partial charge is 0.236 e. The second-order valence-electron chi connectivity index (χ2n) is 4.94. The molecule has 0 aliphatic heterocycles. The SMILES string of the molecule is CCN(CC)CC(=O)N(C)C(C)COc1ccccc1.Cl. The highest BCUT2D eigenvalue weighted by molar-refractivity contribution is 5.85. The molecule has 0 bridgehead atoms. The topological polar surface area (TPSA) is 32.8 Å². The number of amides is 1. The molecule has 0 spiro atoms. The Balaban J connectivity index is 0.00000400. The van der Waals surface area contributed by atoms with Gasteiger partial charge in [-0.25, -0.2) is 0 Å². The van der Waals surface area contributed by atoms with Crippen LogP contribution in [0.1, 0.15) is 20.8 Å². The predicted molar refractivity (Wildman–Crippen MR) is 89.2 cm³/mol. The number of ether oxygens (including phenoxy) is 1. The Kier molecular flexibility index (Phi) is 9.84. The van der Waals surface area contributed by atoms with E-state index in [1.54, 1.807) is 4.90 Å². The molecule has 1 amide bonds. The summed E-state index contributed by atoms with van der Waals surface area (Å²) in [5.41, 5.74) is 0. The zero-order valence-corrected chi connectivity index (χ0v) is 14.2. The van der Waals surface area contributed by atoms with Crippen LogP contribution in [-0.4, -0.2) is 55.0 Å². The van der Waals surface area contributed by atoms with Gasteiger partial charge in [0, 0.05) is 7.05 Å². The average molecular weight is 315 g/mol. The number of halogens is 1. The first-order valence-electron chi connectivity index (χ1n) is 7.24. The molecule has 1 atom stereocenters. The lowest BCUT2D eigenvalue weighted by atomic mass is 10.3. The van der Waals surface area contributed by atoms with Crippen molar-refractivity contribution in [1.82, 2.24) is 9.80 Å². The lowest BCUT2D eigenvalue weighted by Gasteiger charge is -2.27. The van der Waals surface area contributed by atoms with Gasteiger partial charge in [-0.15, -0.1) is 12.4 Å². The summed E-state index contributed by atoms with van der Waals surface area (Å²) in [6.45, 7) is 8.90. The molecule has 0 heterocycles. The van der Waals surface area contributed by atoms with Gasteiger partial charge in [0.05, 0.1) is 12.6 Å². The Morgan fingerprint density at radius 3 is 2.29 bits per heavy atom. The lowest BCUT2D eigenvalue weighted by Crippen LogP contribution is -2.44. The molecule has 1 aromatic carbocycles. The molecule has 5 heteroatoms. The van der Waals surface area contributed by atoms with E-state index < -0.39 is 0 Å². The van der Waals surface area contributed by atoms with E-state index in [9.17, 15) is 4.79 Å². The number of likely N-dealkylation sites (N-methyl/N-ethyl adjacent to an activating group) is 2. The van der Waals surface area contributed by atoms with E-state index in [0.717, 1.165) is 18.8 Å². The summed E-state index contributed by atoms with van der Waals surface area (Å²) in [7, 11) is 1.84. The minimum absolute atomic E-state index is 0. The Hall–Kier alpha value is -1.26. The Bertz CT molecular complexity index is 397. The van der Waals surface area contributed by atoms with Crippen LogP contribution in [0.3, 0.4) is 0 Å². The summed E-state index contributed by atoms with van der Waals surface area (Å²) in [6.07, 6.45) is 0. The number of benzene rings is 1. The fourth-order valence-electron chi connectivity index (χ4n) is 1.84. The second-order valence-corrected chi connectivity index (χ2v) is 4.94. The number of hydrogen-bond donors (Lipinski definition) is 0. The predicted octanol–water partition coefficient (Wildman–Crippen LogP) is 2.68. The second kappa shape index (κ2) is 10.5. The molecule has 0 fully saturated rings. The van der Waals surface area contributed by atoms with Gasteiger partial charge in [-0.05, 0) is 32.1 Å². The van der Waals surface area contributed by atoms with Crippen molar-refractivity contribution in [3.63, 3.8) is 0 Å². The van der Waals surface area contributed by atoms with Gasteiger partial charge >= 0.3 is 0 Å². The summed E-state index contributed by atoms with van der Waals surface area (Å²) in [4.78, 5) is 16.0. The van der Waals surface area contributed by atoms with Crippen LogP contribution in [0.2, 0.25) is 0 Å². The highest BCUT2D eigenvalue weighted by Crippen LogP contribution is 2.09. The normalized spacial score (nSPS) is 11.7. The molecule has 0 aliphatic carbocycles. The molecule has 1 unspecified atom stereocenters. The Morgan fingerprint density at radius 2 is 1.76 bits per heavy atom. The monoisotopic (exact) mass is 314 g/mol. The van der Waals surface area contributed by atoms with Crippen LogP contribution in [0.15, 0.2) is 30.3 Å². The van der Waals surface area contributed by atoms with Crippen molar-refractivity contribution in [2.24, 2.45) is 0 Å². The third-order valence-electron chi connectivity index (χ3n) is 3.54. The molecule has 0 saturated carbocycles. The fraction of sp³-hybridized carbons (Fsp3) is 0.562. The number of carbonyl (C=O) groups excluding carboxylic acids is 1. The van der Waals surface area contributed by atoms with E-state index >= 15 is 0 Å². The minimum atomic E-state index is 0. The Labute approximate surface area is 134 Å². The fourth-order valence-corrected chi connectivity index (χ4v) is 1.84. The van der Waals surface area contributed by atoms with Gasteiger partial charge in [0.2, 0.25) is 5.91 Å². The molecule has 0 radical (unpaired) electrons. The highest BCUT2D eigenvalue weighted by Gasteiger charge is 2.18. The van der Waals surface area contributed by atoms with E-state index in [-0.39, 0.29) is 24.4 Å². The van der Waals surface area contributed by atoms with Crippen molar-refractivity contribution in [3.05, 3.63) is 30.3 Å². The van der Waals surface area contributed by atoms with Gasteiger partial charge in [-0.1, -0.05) is 32.0 Å². The average Bonchev–Trinajstić information content (AvgIpc) is 2.50. The van der Waals surface area contributed by atoms with Crippen LogP contribution in [-0.2, 0) is 4.79 Å². The molecule has 120 valence electrons. The van der Waals surface area contributed by atoms with Crippen LogP contribution in [0.25, 0.3) is 0 Å². The molecule has 1 rings (SSSR count). The van der Waals surface area contributed by atoms with Crippen LogP contribution >= 0.6 is 12.4 Å². The first-order valence-corrected chi connectivity index (χ1v) is 7.24. The molecule has 0 N–H and O–H groups in total. The number of rotatable bonds is 8. The highest BCUT2D eigenvalue weighted by atomic mass is 35.5. The van der Waals surface area contributed by atoms with Crippen molar-refractivity contribution >= 4 is 18.3 Å². The van der Waals surface area contributed by atoms with Gasteiger partial charge in [-0.3, -0.25) is 9.69 Å². The van der Waals surface area contributed by atoms with Gasteiger partial charge in [-0.2, -0.15) is 0 Å². The molecule has 0 saturated heterocycles. The minimum Gasteiger partial charge on any atom is -0.491 e. The molecular weight excluding hydrogens is 288 g/mol. The van der Waals surface area contributed by atoms with Crippen molar-refractivity contribution < 1.29 is 9.53 Å². The Morgan fingerprint density at radius 1 is 1.19 bits per heavy atom. The van der Waals surface area contributed by atoms with Crippen LogP contribution < -0.4 is 4.74 Å². The number of para-hydroxylation sites is 1. The van der Waals surface area contributed by atoms with E-state index in [1.165, 1.54) is 0 Å². The summed E-state index contributed by atoms with van der Waals surface area (Å²) in [5, 5.41) is 0. The maximum Gasteiger partial charge on any atom is 0.236 e. The van der Waals surface area contributed by atoms with Crippen molar-refractivity contribution in [3.8, 4) is 5.75 Å². The third kappa shape index (κ3) is 6.82. The first kappa shape index (κ1) is 19.7. The summed E-state index contributed by atoms with van der Waals surface area (Å²) >= 11 is 0. The van der Waals surface area contributed by atoms with E-state index in [4.69, 9.17) is 4.74 Å². The molecule has 4 nitrogen and oxygen atoms in total. The van der Waals surface area contributed by atoms with Gasteiger partial charge in [0.1, 0.15) is 12.4 Å². The summed E-state index contributed by atoms with van der Waals surface area (Å²) < 4.78 is 5.69. The van der Waals surface area contributed by atoms with E-state index in [0.29, 0.717) is 13.2 Å². The van der Waals surface area contributed by atoms with Crippen LogP contribution in [0, 0.1) is 0 Å². The van der Waals surface area contributed by atoms with Gasteiger partial charge in [0.25, 0.3) is 0 Å². The van der Waals surface area contributed by atoms with Crippen LogP contribution in [0.4, 0.5) is 0 Å². The van der Waals surface area contributed by atoms with Gasteiger partial charge < -0.3 is 9.64 Å². The third-order valence-corrected chi connectivity index (χ3v) is 3.54. The standard InChI is InChI=1S/C16H26N2O2.ClH/c1-5-18(6-2)12-16(19)17(4)14(3)13-20-15-10-8-7-9-11-15;/h7-11,14H,5-6,12-13H2,1-4H3;1H. The zero-order chi connectivity index (χ0) is 15.0. The summed E-state index contributed by atoms with van der Waals surface area (Å²) in [6, 6.07) is 9.73. The molecule has 1 aromatic rings. The maximum absolute atomic E-state index is 12.2. The first-order chi connectivity index (χ1) is 9.58. The lowest BCUT2D eigenvalue weighted by molar-refractivity contribution is -0.133. The van der Waals surface area contributed by atoms with Crippen molar-refractivity contribution in [2.45, 2.75) is 26.8 Å². The van der Waals surface area contributed by atoms with E-state index in [1.807, 2.05) is 44.3 Å². The number of nitrogens with zero attached hydrogens (tertiary/aromatic N) is 2. The molecule has 0 aromatic heterocycles. The molecule has 21 heavy (non-hydrogen) atoms. The number of carbonyl (C=O) groups is 1. The van der Waals surface area contributed by atoms with Crippen molar-refractivity contribution in [1.29, 1.82) is 0 Å². The van der Waals surface area contributed by atoms with Gasteiger partial charge in [0.15, 0.2) is 0 Å². The maximum atomic E-state index is 12.2. The zero-order valence-electron chi connectivity index (χ0n) is 13.4. The molecule has 0 aliphatic rings. The van der Waals surface area contributed by atoms with Crippen LogP contribution in [0.5, 0.6) is 5.75 Å². The van der Waals surface area contributed by atoms with Crippen molar-refractivity contribution in [2.75, 3.05) is 33.3 Å².